The highest BCUT2D eigenvalue weighted by Gasteiger charge is 2.12. The van der Waals surface area contributed by atoms with Crippen LogP contribution in [0, 0.1) is 5.82 Å². The first-order valence-electron chi connectivity index (χ1n) is 8.51. The van der Waals surface area contributed by atoms with Gasteiger partial charge in [-0.05, 0) is 48.9 Å². The number of carbonyl (C=O) groups is 2. The largest absolute Gasteiger partial charge is 0.494 e. The molecule has 0 aliphatic carbocycles. The summed E-state index contributed by atoms with van der Waals surface area (Å²) in [7, 11) is 0. The van der Waals surface area contributed by atoms with Crippen molar-refractivity contribution in [2.75, 3.05) is 24.6 Å². The molecule has 26 heavy (non-hydrogen) atoms. The number of rotatable bonds is 8. The fraction of sp³-hybridized carbons (Fsp3) is 0.300. The van der Waals surface area contributed by atoms with Gasteiger partial charge >= 0.3 is 0 Å². The Morgan fingerprint density at radius 3 is 2.31 bits per heavy atom. The molecule has 2 aromatic carbocycles. The van der Waals surface area contributed by atoms with Crippen molar-refractivity contribution in [1.29, 1.82) is 0 Å². The molecule has 5 nitrogen and oxygen atoms in total. The van der Waals surface area contributed by atoms with Gasteiger partial charge in [-0.1, -0.05) is 12.1 Å². The van der Waals surface area contributed by atoms with E-state index in [0.717, 1.165) is 17.0 Å². The van der Waals surface area contributed by atoms with Crippen molar-refractivity contribution < 1.29 is 18.7 Å². The molecule has 2 rings (SSSR count). The van der Waals surface area contributed by atoms with Gasteiger partial charge in [-0.3, -0.25) is 9.59 Å². The smallest absolute Gasteiger partial charge is 0.224 e. The van der Waals surface area contributed by atoms with Gasteiger partial charge < -0.3 is 15.0 Å². The number of halogens is 1. The van der Waals surface area contributed by atoms with E-state index in [9.17, 15) is 14.0 Å². The quantitative estimate of drug-likeness (QED) is 0.789. The molecule has 0 heterocycles. The molecule has 0 unspecified atom stereocenters. The zero-order chi connectivity index (χ0) is 18.9. The minimum Gasteiger partial charge on any atom is -0.494 e. The van der Waals surface area contributed by atoms with Gasteiger partial charge in [0.1, 0.15) is 11.6 Å². The summed E-state index contributed by atoms with van der Waals surface area (Å²) in [5, 5.41) is 2.78. The van der Waals surface area contributed by atoms with Crippen molar-refractivity contribution in [2.24, 2.45) is 0 Å². The fourth-order valence-electron chi connectivity index (χ4n) is 2.51. The highest BCUT2D eigenvalue weighted by molar-refractivity contribution is 5.91. The fourth-order valence-corrected chi connectivity index (χ4v) is 2.51. The molecule has 1 N–H and O–H groups in total. The number of nitrogens with one attached hydrogen (secondary N) is 1. The van der Waals surface area contributed by atoms with Crippen LogP contribution in [0.15, 0.2) is 48.5 Å². The molecule has 0 aliphatic heterocycles. The van der Waals surface area contributed by atoms with E-state index in [1.165, 1.54) is 19.1 Å². The molecule has 0 aliphatic rings. The predicted octanol–water partition coefficient (Wildman–Crippen LogP) is 2.94. The van der Waals surface area contributed by atoms with E-state index in [1.54, 1.807) is 17.0 Å². The summed E-state index contributed by atoms with van der Waals surface area (Å²) >= 11 is 0. The van der Waals surface area contributed by atoms with Crippen LogP contribution in [0.4, 0.5) is 10.1 Å². The van der Waals surface area contributed by atoms with E-state index in [4.69, 9.17) is 4.74 Å². The summed E-state index contributed by atoms with van der Waals surface area (Å²) in [5.74, 6) is 0.128. The molecule has 6 heteroatoms. The second-order valence-electron chi connectivity index (χ2n) is 5.75. The third-order valence-corrected chi connectivity index (χ3v) is 3.78. The maximum Gasteiger partial charge on any atom is 0.224 e. The Bertz CT molecular complexity index is 730. The van der Waals surface area contributed by atoms with Crippen LogP contribution in [-0.2, 0) is 16.0 Å². The van der Waals surface area contributed by atoms with Crippen LogP contribution < -0.4 is 15.0 Å². The van der Waals surface area contributed by atoms with E-state index < -0.39 is 0 Å². The van der Waals surface area contributed by atoms with E-state index in [-0.39, 0.29) is 24.1 Å². The predicted molar refractivity (Wildman–Crippen MR) is 98.8 cm³/mol. The maximum atomic E-state index is 12.9. The lowest BCUT2D eigenvalue weighted by atomic mass is 10.1. The topological polar surface area (TPSA) is 58.6 Å². The van der Waals surface area contributed by atoms with Crippen molar-refractivity contribution in [1.82, 2.24) is 5.32 Å². The zero-order valence-electron chi connectivity index (χ0n) is 15.0. The van der Waals surface area contributed by atoms with E-state index in [1.807, 2.05) is 31.2 Å². The van der Waals surface area contributed by atoms with Crippen molar-refractivity contribution in [3.8, 4) is 5.75 Å². The lowest BCUT2D eigenvalue weighted by Crippen LogP contribution is -2.38. The van der Waals surface area contributed by atoms with E-state index >= 15 is 0 Å². The number of ether oxygens (including phenoxy) is 1. The standard InChI is InChI=1S/C20H23FN2O3/c1-3-26-19-10-8-18(9-11-19)23(15(2)24)13-12-22-20(25)14-16-4-6-17(21)7-5-16/h4-11H,3,12-14H2,1-2H3,(H,22,25). The minimum absolute atomic E-state index is 0.109. The first-order chi connectivity index (χ1) is 12.5. The van der Waals surface area contributed by atoms with Crippen LogP contribution in [0.25, 0.3) is 0 Å². The Hall–Kier alpha value is -2.89. The third-order valence-electron chi connectivity index (χ3n) is 3.78. The maximum absolute atomic E-state index is 12.9. The van der Waals surface area contributed by atoms with Gasteiger partial charge in [-0.2, -0.15) is 0 Å². The number of anilines is 1. The number of nitrogens with zero attached hydrogens (tertiary/aromatic N) is 1. The Morgan fingerprint density at radius 2 is 1.73 bits per heavy atom. The number of carbonyl (C=O) groups excluding carboxylic acids is 2. The first-order valence-corrected chi connectivity index (χ1v) is 8.51. The average Bonchev–Trinajstić information content (AvgIpc) is 2.62. The van der Waals surface area contributed by atoms with Gasteiger partial charge in [0.25, 0.3) is 0 Å². The molecule has 138 valence electrons. The number of benzene rings is 2. The molecule has 0 saturated heterocycles. The number of hydrogen-bond acceptors (Lipinski definition) is 3. The summed E-state index contributed by atoms with van der Waals surface area (Å²) in [6.07, 6.45) is 0.170. The lowest BCUT2D eigenvalue weighted by Gasteiger charge is -2.21. The molecule has 0 atom stereocenters. The minimum atomic E-state index is -0.332. The highest BCUT2D eigenvalue weighted by atomic mass is 19.1. The van der Waals surface area contributed by atoms with Gasteiger partial charge in [0, 0.05) is 25.7 Å². The SMILES string of the molecule is CCOc1ccc(N(CCNC(=O)Cc2ccc(F)cc2)C(C)=O)cc1. The van der Waals surface area contributed by atoms with Crippen molar-refractivity contribution in [3.05, 3.63) is 59.9 Å². The van der Waals surface area contributed by atoms with Crippen molar-refractivity contribution >= 4 is 17.5 Å². The van der Waals surface area contributed by atoms with Crippen LogP contribution in [0.5, 0.6) is 5.75 Å². The van der Waals surface area contributed by atoms with Crippen LogP contribution in [-0.4, -0.2) is 31.5 Å². The Kier molecular flexibility index (Phi) is 7.14. The lowest BCUT2D eigenvalue weighted by molar-refractivity contribution is -0.121. The summed E-state index contributed by atoms with van der Waals surface area (Å²) in [4.78, 5) is 25.5. The summed E-state index contributed by atoms with van der Waals surface area (Å²) in [5.41, 5.74) is 1.48. The van der Waals surface area contributed by atoms with Crippen LogP contribution in [0.3, 0.4) is 0 Å². The highest BCUT2D eigenvalue weighted by Crippen LogP contribution is 2.19. The van der Waals surface area contributed by atoms with Crippen LogP contribution in [0.1, 0.15) is 19.4 Å². The van der Waals surface area contributed by atoms with E-state index in [2.05, 4.69) is 5.32 Å². The molecule has 0 aromatic heterocycles. The average molecular weight is 358 g/mol. The normalized spacial score (nSPS) is 10.3. The van der Waals surface area contributed by atoms with Crippen molar-refractivity contribution in [2.45, 2.75) is 20.3 Å². The van der Waals surface area contributed by atoms with Crippen molar-refractivity contribution in [3.63, 3.8) is 0 Å². The second kappa shape index (κ2) is 9.56. The van der Waals surface area contributed by atoms with Gasteiger partial charge in [0.2, 0.25) is 11.8 Å². The van der Waals surface area contributed by atoms with Gasteiger partial charge in [-0.25, -0.2) is 4.39 Å². The molecule has 0 bridgehead atoms. The summed E-state index contributed by atoms with van der Waals surface area (Å²) in [6, 6.07) is 13.1. The molecule has 0 saturated carbocycles. The Morgan fingerprint density at radius 1 is 1.08 bits per heavy atom. The Balaban J connectivity index is 1.87. The summed E-state index contributed by atoms with van der Waals surface area (Å²) in [6.45, 7) is 4.66. The molecule has 0 radical (unpaired) electrons. The van der Waals surface area contributed by atoms with Gasteiger partial charge in [-0.15, -0.1) is 0 Å². The van der Waals surface area contributed by atoms with Gasteiger partial charge in [0.05, 0.1) is 13.0 Å². The number of amides is 2. The van der Waals surface area contributed by atoms with E-state index in [0.29, 0.717) is 19.7 Å². The molecular formula is C20H23FN2O3. The second-order valence-corrected chi connectivity index (χ2v) is 5.75. The molecule has 2 amide bonds. The summed E-state index contributed by atoms with van der Waals surface area (Å²) < 4.78 is 18.3. The molecule has 0 spiro atoms. The molecule has 2 aromatic rings. The third kappa shape index (κ3) is 5.88. The number of hydrogen-bond donors (Lipinski definition) is 1. The monoisotopic (exact) mass is 358 g/mol. The van der Waals surface area contributed by atoms with Crippen LogP contribution in [0.2, 0.25) is 0 Å². The van der Waals surface area contributed by atoms with Crippen LogP contribution >= 0.6 is 0 Å². The first kappa shape index (κ1) is 19.4. The molecular weight excluding hydrogens is 335 g/mol. The van der Waals surface area contributed by atoms with Gasteiger partial charge in [0.15, 0.2) is 0 Å². The molecule has 0 fully saturated rings. The Labute approximate surface area is 152 Å². The zero-order valence-corrected chi connectivity index (χ0v) is 15.0.